The lowest BCUT2D eigenvalue weighted by Gasteiger charge is -2.20. The Hall–Kier alpha value is -0.800. The molecule has 1 heterocycles. The number of hydrogen-bond acceptors (Lipinski definition) is 3. The molecule has 0 saturated heterocycles. The van der Waals surface area contributed by atoms with Crippen molar-refractivity contribution in [3.63, 3.8) is 0 Å². The Bertz CT molecular complexity index is 307. The van der Waals surface area contributed by atoms with Gasteiger partial charge in [0.05, 0.1) is 23.3 Å². The molecule has 0 spiro atoms. The third-order valence-corrected chi connectivity index (χ3v) is 1.99. The molecule has 13 heavy (non-hydrogen) atoms. The van der Waals surface area contributed by atoms with Crippen molar-refractivity contribution in [1.82, 2.24) is 4.98 Å². The first kappa shape index (κ1) is 10.3. The van der Waals surface area contributed by atoms with Crippen LogP contribution in [0.25, 0.3) is 0 Å². The third-order valence-electron chi connectivity index (χ3n) is 1.67. The van der Waals surface area contributed by atoms with Crippen LogP contribution in [0, 0.1) is 0 Å². The van der Waals surface area contributed by atoms with Crippen LogP contribution in [0.3, 0.4) is 0 Å². The fourth-order valence-corrected chi connectivity index (χ4v) is 1.50. The maximum atomic E-state index is 9.78. The van der Waals surface area contributed by atoms with Gasteiger partial charge >= 0.3 is 0 Å². The van der Waals surface area contributed by atoms with Crippen LogP contribution in [0.5, 0.6) is 5.88 Å². The van der Waals surface area contributed by atoms with E-state index < -0.39 is 5.60 Å². The van der Waals surface area contributed by atoms with E-state index in [2.05, 4.69) is 4.98 Å². The van der Waals surface area contributed by atoms with Crippen LogP contribution < -0.4 is 4.74 Å². The quantitative estimate of drug-likeness (QED) is 0.796. The standard InChI is InChI=1S/C9H12ClNO2/c1-9(2,12)7-6(10)4-5-11-8(7)13-3/h4-5,12H,1-3H3. The summed E-state index contributed by atoms with van der Waals surface area (Å²) in [5, 5.41) is 10.2. The predicted molar refractivity (Wildman–Crippen MR) is 51.0 cm³/mol. The van der Waals surface area contributed by atoms with Crippen molar-refractivity contribution >= 4 is 11.6 Å². The van der Waals surface area contributed by atoms with E-state index in [0.717, 1.165) is 0 Å². The second-order valence-corrected chi connectivity index (χ2v) is 3.64. The maximum Gasteiger partial charge on any atom is 0.220 e. The summed E-state index contributed by atoms with van der Waals surface area (Å²) in [5.41, 5.74) is -0.532. The lowest BCUT2D eigenvalue weighted by atomic mass is 10.00. The second-order valence-electron chi connectivity index (χ2n) is 3.24. The van der Waals surface area contributed by atoms with E-state index in [1.54, 1.807) is 19.9 Å². The predicted octanol–water partition coefficient (Wildman–Crippen LogP) is 1.97. The van der Waals surface area contributed by atoms with E-state index >= 15 is 0 Å². The number of halogens is 1. The highest BCUT2D eigenvalue weighted by Crippen LogP contribution is 2.33. The number of ether oxygens (including phenoxy) is 1. The van der Waals surface area contributed by atoms with E-state index in [4.69, 9.17) is 16.3 Å². The minimum absolute atomic E-state index is 0.361. The van der Waals surface area contributed by atoms with Gasteiger partial charge in [-0.3, -0.25) is 0 Å². The maximum absolute atomic E-state index is 9.78. The fraction of sp³-hybridized carbons (Fsp3) is 0.444. The van der Waals surface area contributed by atoms with Gasteiger partial charge in [-0.15, -0.1) is 0 Å². The number of aromatic nitrogens is 1. The largest absolute Gasteiger partial charge is 0.481 e. The van der Waals surface area contributed by atoms with Crippen molar-refractivity contribution in [2.24, 2.45) is 0 Å². The summed E-state index contributed by atoms with van der Waals surface area (Å²) in [6, 6.07) is 1.62. The molecular formula is C9H12ClNO2. The SMILES string of the molecule is COc1nccc(Cl)c1C(C)(C)O. The van der Waals surface area contributed by atoms with Gasteiger partial charge in [0.15, 0.2) is 0 Å². The van der Waals surface area contributed by atoms with Gasteiger partial charge in [-0.05, 0) is 19.9 Å². The molecule has 1 rings (SSSR count). The Labute approximate surface area is 82.3 Å². The summed E-state index contributed by atoms with van der Waals surface area (Å²) in [6.45, 7) is 3.27. The smallest absolute Gasteiger partial charge is 0.220 e. The van der Waals surface area contributed by atoms with E-state index in [9.17, 15) is 5.11 Å². The molecule has 0 aliphatic heterocycles. The normalized spacial score (nSPS) is 11.5. The van der Waals surface area contributed by atoms with Crippen LogP contribution in [-0.4, -0.2) is 17.2 Å². The fourth-order valence-electron chi connectivity index (χ4n) is 1.13. The number of nitrogens with zero attached hydrogens (tertiary/aromatic N) is 1. The summed E-state index contributed by atoms with van der Waals surface area (Å²) >= 11 is 5.91. The van der Waals surface area contributed by atoms with Gasteiger partial charge in [-0.25, -0.2) is 4.98 Å². The van der Waals surface area contributed by atoms with E-state index in [1.165, 1.54) is 13.3 Å². The van der Waals surface area contributed by atoms with Crippen LogP contribution in [0.1, 0.15) is 19.4 Å². The van der Waals surface area contributed by atoms with Crippen molar-refractivity contribution < 1.29 is 9.84 Å². The van der Waals surface area contributed by atoms with Crippen molar-refractivity contribution in [2.45, 2.75) is 19.4 Å². The van der Waals surface area contributed by atoms with E-state index in [-0.39, 0.29) is 0 Å². The highest BCUT2D eigenvalue weighted by molar-refractivity contribution is 6.31. The highest BCUT2D eigenvalue weighted by Gasteiger charge is 2.24. The first-order valence-corrected chi connectivity index (χ1v) is 4.26. The molecule has 1 aromatic heterocycles. The van der Waals surface area contributed by atoms with Gasteiger partial charge in [0.2, 0.25) is 5.88 Å². The van der Waals surface area contributed by atoms with Gasteiger partial charge in [-0.1, -0.05) is 11.6 Å². The van der Waals surface area contributed by atoms with Crippen LogP contribution in [-0.2, 0) is 5.60 Å². The van der Waals surface area contributed by atoms with Crippen molar-refractivity contribution in [2.75, 3.05) is 7.11 Å². The zero-order chi connectivity index (χ0) is 10.1. The number of methoxy groups -OCH3 is 1. The molecule has 72 valence electrons. The highest BCUT2D eigenvalue weighted by atomic mass is 35.5. The van der Waals surface area contributed by atoms with Crippen molar-refractivity contribution in [3.8, 4) is 5.88 Å². The van der Waals surface area contributed by atoms with Gasteiger partial charge in [0, 0.05) is 6.20 Å². The monoisotopic (exact) mass is 201 g/mol. The molecule has 1 aromatic rings. The number of pyridine rings is 1. The molecule has 0 radical (unpaired) electrons. The van der Waals surface area contributed by atoms with Gasteiger partial charge in [0.1, 0.15) is 0 Å². The van der Waals surface area contributed by atoms with Crippen LogP contribution >= 0.6 is 11.6 Å². The summed E-state index contributed by atoms with van der Waals surface area (Å²) < 4.78 is 5.00. The molecule has 0 bridgehead atoms. The second kappa shape index (κ2) is 3.52. The van der Waals surface area contributed by atoms with E-state index in [0.29, 0.717) is 16.5 Å². The van der Waals surface area contributed by atoms with Crippen LogP contribution in [0.4, 0.5) is 0 Å². The molecule has 3 nitrogen and oxygen atoms in total. The average molecular weight is 202 g/mol. The first-order chi connectivity index (χ1) is 5.96. The molecular weight excluding hydrogens is 190 g/mol. The Kier molecular flexibility index (Phi) is 2.78. The lowest BCUT2D eigenvalue weighted by Crippen LogP contribution is -2.18. The summed E-state index contributed by atoms with van der Waals surface area (Å²) in [7, 11) is 1.49. The van der Waals surface area contributed by atoms with Crippen molar-refractivity contribution in [3.05, 3.63) is 22.8 Å². The number of hydrogen-bond donors (Lipinski definition) is 1. The van der Waals surface area contributed by atoms with Gasteiger partial charge in [0.25, 0.3) is 0 Å². The zero-order valence-corrected chi connectivity index (χ0v) is 8.59. The summed E-state index contributed by atoms with van der Waals surface area (Å²) in [5.74, 6) is 0.361. The minimum atomic E-state index is -1.04. The molecule has 0 unspecified atom stereocenters. The molecule has 4 heteroatoms. The Balaban J connectivity index is 3.32. The molecule has 1 N–H and O–H groups in total. The Morgan fingerprint density at radius 3 is 2.54 bits per heavy atom. The molecule has 0 aromatic carbocycles. The van der Waals surface area contributed by atoms with Gasteiger partial charge in [-0.2, -0.15) is 0 Å². The number of rotatable bonds is 2. The zero-order valence-electron chi connectivity index (χ0n) is 7.84. The molecule has 0 aliphatic rings. The lowest BCUT2D eigenvalue weighted by molar-refractivity contribution is 0.0750. The van der Waals surface area contributed by atoms with Gasteiger partial charge < -0.3 is 9.84 Å². The first-order valence-electron chi connectivity index (χ1n) is 3.88. The molecule has 0 atom stereocenters. The molecule has 0 saturated carbocycles. The molecule has 0 amide bonds. The molecule has 0 fully saturated rings. The van der Waals surface area contributed by atoms with Crippen LogP contribution in [0.2, 0.25) is 5.02 Å². The van der Waals surface area contributed by atoms with E-state index in [1.807, 2.05) is 0 Å². The molecule has 0 aliphatic carbocycles. The summed E-state index contributed by atoms with van der Waals surface area (Å²) in [4.78, 5) is 3.96. The summed E-state index contributed by atoms with van der Waals surface area (Å²) in [6.07, 6.45) is 1.54. The topological polar surface area (TPSA) is 42.4 Å². The Morgan fingerprint density at radius 1 is 1.54 bits per heavy atom. The van der Waals surface area contributed by atoms with Crippen molar-refractivity contribution in [1.29, 1.82) is 0 Å². The third kappa shape index (κ3) is 2.11. The number of aliphatic hydroxyl groups is 1. The Morgan fingerprint density at radius 2 is 2.15 bits per heavy atom. The average Bonchev–Trinajstić information content (AvgIpc) is 2.01. The minimum Gasteiger partial charge on any atom is -0.481 e. The van der Waals surface area contributed by atoms with Crippen LogP contribution in [0.15, 0.2) is 12.3 Å².